The second-order valence-electron chi connectivity index (χ2n) is 10.6. The van der Waals surface area contributed by atoms with Gasteiger partial charge in [-0.25, -0.2) is 9.91 Å². The largest absolute Gasteiger partial charge is 0.221 e. The lowest BCUT2D eigenvalue weighted by atomic mass is 9.60. The fourth-order valence-corrected chi connectivity index (χ4v) is 8.75. The minimum atomic E-state index is -0.0266. The van der Waals surface area contributed by atoms with Crippen molar-refractivity contribution in [3.05, 3.63) is 22.3 Å². The molecule has 6 atom stereocenters. The van der Waals surface area contributed by atoms with Crippen LogP contribution in [0.1, 0.15) is 79.1 Å². The average Bonchev–Trinajstić information content (AvgIpc) is 3.17. The molecule has 1 aliphatic heterocycles. The van der Waals surface area contributed by atoms with Gasteiger partial charge in [0, 0.05) is 30.5 Å². The molecule has 4 aliphatic carbocycles. The number of likely N-dealkylation sites (N-methyl/N-ethyl adjacent to an activating group) is 1. The average molecular weight is 371 g/mol. The summed E-state index contributed by atoms with van der Waals surface area (Å²) in [6, 6.07) is 0. The molecule has 5 rings (SSSR count). The van der Waals surface area contributed by atoms with Crippen molar-refractivity contribution in [1.29, 1.82) is 0 Å². The highest BCUT2D eigenvalue weighted by Crippen LogP contribution is 2.65. The smallest absolute Gasteiger partial charge is 0.207 e. The lowest BCUT2D eigenvalue weighted by Gasteiger charge is -2.71. The second-order valence-corrected chi connectivity index (χ2v) is 10.6. The molecule has 0 aromatic rings. The quantitative estimate of drug-likeness (QED) is 0.643. The summed E-state index contributed by atoms with van der Waals surface area (Å²) in [5.74, 6) is 3.84. The summed E-state index contributed by atoms with van der Waals surface area (Å²) in [5, 5.41) is 4.32. The Hall–Kier alpha value is -0.640. The van der Waals surface area contributed by atoms with E-state index in [1.807, 2.05) is 0 Å². The Labute approximate surface area is 166 Å². The molecule has 1 heterocycles. The third-order valence-electron chi connectivity index (χ3n) is 10.4. The molecule has 150 valence electrons. The fraction of sp³-hybridized carbons (Fsp3) is 0.833. The number of hydrogen-bond donors (Lipinski definition) is 2. The predicted octanol–water partition coefficient (Wildman–Crippen LogP) is 4.88. The molecule has 27 heavy (non-hydrogen) atoms. The molecule has 2 N–H and O–H groups in total. The summed E-state index contributed by atoms with van der Waals surface area (Å²) in [7, 11) is 4.69. The van der Waals surface area contributed by atoms with Gasteiger partial charge in [0.25, 0.3) is 0 Å². The molecule has 1 saturated heterocycles. The topological polar surface area (TPSA) is 24.1 Å². The molecule has 0 radical (unpaired) electrons. The van der Waals surface area contributed by atoms with E-state index in [0.29, 0.717) is 0 Å². The van der Waals surface area contributed by atoms with Crippen LogP contribution in [0.2, 0.25) is 0 Å². The van der Waals surface area contributed by atoms with E-state index in [0.717, 1.165) is 28.3 Å². The standard InChI is InChI=1S/C24H40N3/c1-15-16(2)18(4)24(17(15)3)26-23(27(24,6)25-5)14-13-21-20-10-8-7-9-19(20)11-12-22(21)23/h19-22,25-26H,7-14H2,1-6H3/q+1. The van der Waals surface area contributed by atoms with Crippen LogP contribution in [-0.4, -0.2) is 30.0 Å². The number of allylic oxidation sites excluding steroid dienone is 2. The van der Waals surface area contributed by atoms with E-state index in [4.69, 9.17) is 0 Å². The molecule has 4 fully saturated rings. The Morgan fingerprint density at radius 1 is 0.889 bits per heavy atom. The Kier molecular flexibility index (Phi) is 3.89. The molecule has 0 aromatic carbocycles. The molecule has 3 saturated carbocycles. The van der Waals surface area contributed by atoms with E-state index in [2.05, 4.69) is 52.5 Å². The van der Waals surface area contributed by atoms with Gasteiger partial charge in [0.05, 0.1) is 7.05 Å². The molecular weight excluding hydrogens is 330 g/mol. The molecule has 5 aliphatic rings. The van der Waals surface area contributed by atoms with E-state index in [1.165, 1.54) is 73.7 Å². The number of quaternary nitrogens is 1. The highest BCUT2D eigenvalue weighted by Gasteiger charge is 2.80. The van der Waals surface area contributed by atoms with Crippen LogP contribution in [0.4, 0.5) is 0 Å². The van der Waals surface area contributed by atoms with Crippen molar-refractivity contribution < 1.29 is 4.59 Å². The van der Waals surface area contributed by atoms with Crippen molar-refractivity contribution in [3.8, 4) is 0 Å². The molecule has 3 heteroatoms. The van der Waals surface area contributed by atoms with Gasteiger partial charge >= 0.3 is 0 Å². The van der Waals surface area contributed by atoms with Crippen LogP contribution < -0.4 is 10.7 Å². The van der Waals surface area contributed by atoms with Crippen LogP contribution in [-0.2, 0) is 0 Å². The number of nitrogens with zero attached hydrogens (tertiary/aromatic N) is 1. The minimum absolute atomic E-state index is 0.0266. The normalized spacial score (nSPS) is 48.2. The Morgan fingerprint density at radius 2 is 1.56 bits per heavy atom. The maximum absolute atomic E-state index is 4.32. The summed E-state index contributed by atoms with van der Waals surface area (Å²) in [5.41, 5.74) is 10.1. The van der Waals surface area contributed by atoms with Gasteiger partial charge in [-0.1, -0.05) is 19.3 Å². The summed E-state index contributed by atoms with van der Waals surface area (Å²) in [6.45, 7) is 9.38. The molecule has 0 bridgehead atoms. The molecule has 0 aromatic heterocycles. The second kappa shape index (κ2) is 5.70. The van der Waals surface area contributed by atoms with E-state index < -0.39 is 0 Å². The van der Waals surface area contributed by atoms with Gasteiger partial charge in [0.2, 0.25) is 5.66 Å². The van der Waals surface area contributed by atoms with Crippen molar-refractivity contribution in [2.75, 3.05) is 14.1 Å². The maximum atomic E-state index is 4.32. The SMILES string of the molecule is CN[N+]1(C)C2(NC13CCC1C4CCCCC4CCC13)C(C)=C(C)C(C)=C2C. The van der Waals surface area contributed by atoms with Crippen LogP contribution in [0.5, 0.6) is 0 Å². The summed E-state index contributed by atoms with van der Waals surface area (Å²) >= 11 is 0. The Bertz CT molecular complexity index is 710. The van der Waals surface area contributed by atoms with Gasteiger partial charge in [0.15, 0.2) is 5.66 Å². The van der Waals surface area contributed by atoms with Gasteiger partial charge in [-0.05, 0) is 82.3 Å². The van der Waals surface area contributed by atoms with E-state index in [9.17, 15) is 0 Å². The zero-order valence-electron chi connectivity index (χ0n) is 18.4. The van der Waals surface area contributed by atoms with Gasteiger partial charge in [0.1, 0.15) is 0 Å². The van der Waals surface area contributed by atoms with Crippen LogP contribution in [0.3, 0.4) is 0 Å². The molecule has 2 spiro atoms. The summed E-state index contributed by atoms with van der Waals surface area (Å²) < 4.78 is 0.963. The highest BCUT2D eigenvalue weighted by atomic mass is 15.8. The first-order valence-electron chi connectivity index (χ1n) is 11.6. The third kappa shape index (κ3) is 1.86. The first kappa shape index (κ1) is 18.4. The van der Waals surface area contributed by atoms with Gasteiger partial charge in [-0.15, -0.1) is 0 Å². The van der Waals surface area contributed by atoms with Crippen molar-refractivity contribution in [1.82, 2.24) is 10.7 Å². The van der Waals surface area contributed by atoms with Crippen LogP contribution >= 0.6 is 0 Å². The Balaban J connectivity index is 1.54. The first-order valence-corrected chi connectivity index (χ1v) is 11.6. The molecule has 3 nitrogen and oxygen atoms in total. The minimum Gasteiger partial charge on any atom is -0.207 e. The van der Waals surface area contributed by atoms with Crippen LogP contribution in [0, 0.1) is 23.7 Å². The monoisotopic (exact) mass is 370 g/mol. The zero-order valence-corrected chi connectivity index (χ0v) is 18.4. The maximum Gasteiger partial charge on any atom is 0.221 e. The molecule has 6 unspecified atom stereocenters. The summed E-state index contributed by atoms with van der Waals surface area (Å²) in [4.78, 5) is 0. The van der Waals surface area contributed by atoms with Crippen LogP contribution in [0.25, 0.3) is 0 Å². The fourth-order valence-electron chi connectivity index (χ4n) is 8.75. The van der Waals surface area contributed by atoms with E-state index >= 15 is 0 Å². The molecular formula is C24H40N3+. The lowest BCUT2D eigenvalue weighted by molar-refractivity contribution is -1.09. The van der Waals surface area contributed by atoms with Gasteiger partial charge in [-0.2, -0.15) is 5.43 Å². The summed E-state index contributed by atoms with van der Waals surface area (Å²) in [6.07, 6.45) is 11.7. The highest BCUT2D eigenvalue weighted by molar-refractivity contribution is 5.54. The number of hydrogen-bond acceptors (Lipinski definition) is 2. The van der Waals surface area contributed by atoms with Crippen molar-refractivity contribution in [2.24, 2.45) is 23.7 Å². The number of nitrogens with one attached hydrogen (secondary N) is 2. The molecule has 0 amide bonds. The predicted molar refractivity (Wildman–Crippen MR) is 111 cm³/mol. The zero-order chi connectivity index (χ0) is 19.2. The van der Waals surface area contributed by atoms with Crippen molar-refractivity contribution >= 4 is 0 Å². The van der Waals surface area contributed by atoms with Gasteiger partial charge < -0.3 is 0 Å². The third-order valence-corrected chi connectivity index (χ3v) is 10.4. The first-order chi connectivity index (χ1) is 12.8. The van der Waals surface area contributed by atoms with Gasteiger partial charge in [-0.3, -0.25) is 0 Å². The lowest BCUT2D eigenvalue weighted by Crippen LogP contribution is -2.98. The Morgan fingerprint density at radius 3 is 2.22 bits per heavy atom. The van der Waals surface area contributed by atoms with Crippen molar-refractivity contribution in [3.63, 3.8) is 0 Å². The van der Waals surface area contributed by atoms with Crippen LogP contribution in [0.15, 0.2) is 22.3 Å². The number of rotatable bonds is 1. The van der Waals surface area contributed by atoms with E-state index in [-0.39, 0.29) is 11.3 Å². The van der Waals surface area contributed by atoms with E-state index in [1.54, 1.807) is 0 Å². The van der Waals surface area contributed by atoms with Crippen molar-refractivity contribution in [2.45, 2.75) is 90.4 Å². The number of fused-ring (bicyclic) bond motifs is 4.